The molecule has 0 saturated carbocycles. The number of carbonyl (C=O) groups is 1. The van der Waals surface area contributed by atoms with Gasteiger partial charge in [0.15, 0.2) is 0 Å². The highest BCUT2D eigenvalue weighted by molar-refractivity contribution is 7.11. The smallest absolute Gasteiger partial charge is 0.231 e. The van der Waals surface area contributed by atoms with Gasteiger partial charge in [-0.2, -0.15) is 0 Å². The second-order valence-corrected chi connectivity index (χ2v) is 8.89. The Morgan fingerprint density at radius 3 is 2.90 bits per heavy atom. The molecule has 2 aromatic heterocycles. The number of rotatable bonds is 6. The number of amides is 1. The van der Waals surface area contributed by atoms with Crippen molar-refractivity contribution in [3.05, 3.63) is 65.0 Å². The van der Waals surface area contributed by atoms with Crippen LogP contribution in [0.25, 0.3) is 5.57 Å². The maximum absolute atomic E-state index is 13.4. The lowest BCUT2D eigenvalue weighted by atomic mass is 9.92. The molecule has 5 heteroatoms. The molecule has 0 spiro atoms. The van der Waals surface area contributed by atoms with Crippen LogP contribution in [0.3, 0.4) is 0 Å². The van der Waals surface area contributed by atoms with Crippen molar-refractivity contribution in [3.63, 3.8) is 0 Å². The van der Waals surface area contributed by atoms with Gasteiger partial charge in [-0.1, -0.05) is 30.4 Å². The fourth-order valence-corrected chi connectivity index (χ4v) is 5.08. The van der Waals surface area contributed by atoms with E-state index in [1.54, 1.807) is 6.20 Å². The summed E-state index contributed by atoms with van der Waals surface area (Å²) in [5.74, 6) is 1.05. The van der Waals surface area contributed by atoms with E-state index >= 15 is 0 Å². The lowest BCUT2D eigenvalue weighted by Gasteiger charge is -2.36. The number of hydrogen-bond acceptors (Lipinski definition) is 4. The molecule has 3 heterocycles. The third-order valence-electron chi connectivity index (χ3n) is 5.85. The quantitative estimate of drug-likeness (QED) is 0.632. The van der Waals surface area contributed by atoms with E-state index in [4.69, 9.17) is 0 Å². The fourth-order valence-electron chi connectivity index (χ4n) is 4.28. The number of allylic oxidation sites excluding steroid dienone is 2. The Balaban J connectivity index is 1.46. The maximum atomic E-state index is 13.4. The molecule has 2 aliphatic rings. The summed E-state index contributed by atoms with van der Waals surface area (Å²) in [5.41, 5.74) is 1.45. The molecule has 0 bridgehead atoms. The molecule has 1 unspecified atom stereocenters. The fraction of sp³-hybridized carbons (Fsp3) is 0.417. The molecule has 1 aliphatic carbocycles. The maximum Gasteiger partial charge on any atom is 0.231 e. The van der Waals surface area contributed by atoms with Crippen molar-refractivity contribution in [1.29, 1.82) is 0 Å². The zero-order valence-corrected chi connectivity index (χ0v) is 17.9. The van der Waals surface area contributed by atoms with E-state index < -0.39 is 0 Å². The predicted octanol–water partition coefficient (Wildman–Crippen LogP) is 5.01. The Hall–Kier alpha value is -2.24. The highest BCUT2D eigenvalue weighted by Gasteiger charge is 2.30. The number of aromatic nitrogens is 1. The molecule has 0 saturated heterocycles. The normalized spacial score (nSPS) is 20.9. The summed E-state index contributed by atoms with van der Waals surface area (Å²) in [6.45, 7) is 4.99. The highest BCUT2D eigenvalue weighted by atomic mass is 32.1. The molecule has 1 amide bonds. The van der Waals surface area contributed by atoms with Crippen molar-refractivity contribution in [1.82, 2.24) is 9.88 Å². The van der Waals surface area contributed by atoms with Gasteiger partial charge in [-0.3, -0.25) is 14.6 Å². The van der Waals surface area contributed by atoms with Gasteiger partial charge < -0.3 is 0 Å². The van der Waals surface area contributed by atoms with Crippen LogP contribution < -0.4 is 4.90 Å². The Morgan fingerprint density at radius 2 is 2.24 bits per heavy atom. The molecule has 29 heavy (non-hydrogen) atoms. The van der Waals surface area contributed by atoms with Crippen molar-refractivity contribution in [3.8, 4) is 0 Å². The van der Waals surface area contributed by atoms with E-state index in [0.29, 0.717) is 0 Å². The van der Waals surface area contributed by atoms with Crippen LogP contribution in [-0.2, 0) is 4.79 Å². The van der Waals surface area contributed by atoms with Crippen molar-refractivity contribution < 1.29 is 4.79 Å². The molecule has 0 fully saturated rings. The first-order valence-electron chi connectivity index (χ1n) is 10.6. The summed E-state index contributed by atoms with van der Waals surface area (Å²) in [5, 5.41) is 2.14. The third kappa shape index (κ3) is 4.85. The summed E-state index contributed by atoms with van der Waals surface area (Å²) >= 11 is 1.81. The van der Waals surface area contributed by atoms with E-state index in [-0.39, 0.29) is 17.9 Å². The van der Waals surface area contributed by atoms with Gasteiger partial charge >= 0.3 is 0 Å². The number of pyridine rings is 1. The van der Waals surface area contributed by atoms with Crippen molar-refractivity contribution in [2.45, 2.75) is 38.6 Å². The first kappa shape index (κ1) is 20.0. The number of hydrogen-bond donors (Lipinski definition) is 0. The Kier molecular flexibility index (Phi) is 6.57. The average molecular weight is 408 g/mol. The molecule has 1 aliphatic heterocycles. The van der Waals surface area contributed by atoms with E-state index in [2.05, 4.69) is 52.5 Å². The lowest BCUT2D eigenvalue weighted by molar-refractivity contribution is -0.123. The predicted molar refractivity (Wildman–Crippen MR) is 121 cm³/mol. The van der Waals surface area contributed by atoms with Gasteiger partial charge in [0, 0.05) is 42.7 Å². The second-order valence-electron chi connectivity index (χ2n) is 7.94. The van der Waals surface area contributed by atoms with Gasteiger partial charge in [0.25, 0.3) is 0 Å². The van der Waals surface area contributed by atoms with Crippen LogP contribution >= 0.6 is 11.3 Å². The lowest BCUT2D eigenvalue weighted by Crippen LogP contribution is -2.49. The number of carbonyl (C=O) groups excluding carboxylic acids is 1. The molecule has 0 aromatic carbocycles. The zero-order chi connectivity index (χ0) is 20.1. The van der Waals surface area contributed by atoms with Gasteiger partial charge in [0.1, 0.15) is 5.82 Å². The number of anilines is 1. The summed E-state index contributed by atoms with van der Waals surface area (Å²) in [7, 11) is 0. The van der Waals surface area contributed by atoms with Gasteiger partial charge in [0.2, 0.25) is 5.91 Å². The molecule has 2 aromatic rings. The van der Waals surface area contributed by atoms with Crippen LogP contribution in [0.5, 0.6) is 0 Å². The van der Waals surface area contributed by atoms with Crippen LogP contribution in [0.15, 0.2) is 60.1 Å². The van der Waals surface area contributed by atoms with Crippen molar-refractivity contribution in [2.75, 3.05) is 24.5 Å². The van der Waals surface area contributed by atoms with Crippen molar-refractivity contribution in [2.24, 2.45) is 5.92 Å². The minimum absolute atomic E-state index is 0.0659. The summed E-state index contributed by atoms with van der Waals surface area (Å²) in [4.78, 5) is 23.7. The average Bonchev–Trinajstić information content (AvgIpc) is 3.31. The van der Waals surface area contributed by atoms with Gasteiger partial charge in [-0.25, -0.2) is 4.98 Å². The van der Waals surface area contributed by atoms with E-state index in [1.807, 2.05) is 34.4 Å². The van der Waals surface area contributed by atoms with Crippen LogP contribution in [0.4, 0.5) is 5.82 Å². The van der Waals surface area contributed by atoms with Gasteiger partial charge in [0.05, 0.1) is 0 Å². The summed E-state index contributed by atoms with van der Waals surface area (Å²) in [6, 6.07) is 10.2. The Bertz CT molecular complexity index is 860. The Morgan fingerprint density at radius 1 is 1.31 bits per heavy atom. The van der Waals surface area contributed by atoms with E-state index in [0.717, 1.165) is 51.1 Å². The van der Waals surface area contributed by atoms with E-state index in [9.17, 15) is 4.79 Å². The zero-order valence-electron chi connectivity index (χ0n) is 17.0. The second kappa shape index (κ2) is 9.51. The molecule has 2 atom stereocenters. The first-order valence-corrected chi connectivity index (χ1v) is 11.4. The molecule has 0 radical (unpaired) electrons. The van der Waals surface area contributed by atoms with Crippen LogP contribution in [-0.4, -0.2) is 41.5 Å². The minimum atomic E-state index is 0.0659. The highest BCUT2D eigenvalue weighted by Crippen LogP contribution is 2.28. The molecule has 4 nitrogen and oxygen atoms in total. The van der Waals surface area contributed by atoms with Crippen LogP contribution in [0, 0.1) is 5.92 Å². The molecule has 4 rings (SSSR count). The topological polar surface area (TPSA) is 36.4 Å². The van der Waals surface area contributed by atoms with Gasteiger partial charge in [-0.15, -0.1) is 11.3 Å². The van der Waals surface area contributed by atoms with Crippen molar-refractivity contribution >= 4 is 28.6 Å². The Labute approximate surface area is 177 Å². The number of thiophene rings is 1. The molecular weight excluding hydrogens is 378 g/mol. The number of nitrogens with zero attached hydrogens (tertiary/aromatic N) is 3. The SMILES string of the molecule is C[C@H](CN1CC=C(c2cccs2)CC1)N(C(=O)C1CC=CCC1)c1ccccn1. The molecule has 0 N–H and O–H groups in total. The van der Waals surface area contributed by atoms with E-state index in [1.165, 1.54) is 10.5 Å². The minimum Gasteiger partial charge on any atom is -0.297 e. The third-order valence-corrected chi connectivity index (χ3v) is 6.79. The standard InChI is InChI=1S/C24H29N3OS/c1-19(18-26-15-12-20(13-16-26)22-10-7-17-29-22)27(23-11-5-6-14-25-23)24(28)21-8-3-2-4-9-21/h2-3,5-7,10-12,14,17,19,21H,4,8-9,13,15-16,18H2,1H3/t19-,21?/m1/s1. The van der Waals surface area contributed by atoms with Crippen LogP contribution in [0.1, 0.15) is 37.5 Å². The van der Waals surface area contributed by atoms with Crippen LogP contribution in [0.2, 0.25) is 0 Å². The monoisotopic (exact) mass is 407 g/mol. The summed E-state index contributed by atoms with van der Waals surface area (Å²) < 4.78 is 0. The molecular formula is C24H29N3OS. The summed E-state index contributed by atoms with van der Waals surface area (Å²) in [6.07, 6.45) is 12.3. The molecule has 152 valence electrons. The first-order chi connectivity index (χ1) is 14.2. The largest absolute Gasteiger partial charge is 0.297 e. The van der Waals surface area contributed by atoms with Gasteiger partial charge in [-0.05, 0) is 61.8 Å².